The molecule has 1 heterocycles. The minimum absolute atomic E-state index is 0.0202. The van der Waals surface area contributed by atoms with Crippen molar-refractivity contribution in [1.82, 2.24) is 10.6 Å². The van der Waals surface area contributed by atoms with Crippen LogP contribution in [0, 0.1) is 11.8 Å². The Hall–Kier alpha value is -1.14. The van der Waals surface area contributed by atoms with E-state index < -0.39 is 11.9 Å². The number of aliphatic carboxylic acids is 1. The van der Waals surface area contributed by atoms with Crippen molar-refractivity contribution in [1.29, 1.82) is 0 Å². The number of carbonyl (C=O) groups excluding carboxylic acids is 1. The van der Waals surface area contributed by atoms with Crippen LogP contribution in [0.3, 0.4) is 0 Å². The first-order valence-electron chi connectivity index (χ1n) is 6.91. The lowest BCUT2D eigenvalue weighted by atomic mass is 9.84. The van der Waals surface area contributed by atoms with Crippen molar-refractivity contribution in [3.05, 3.63) is 0 Å². The van der Waals surface area contributed by atoms with E-state index in [1.54, 1.807) is 7.05 Å². The van der Waals surface area contributed by atoms with Gasteiger partial charge < -0.3 is 20.5 Å². The highest BCUT2D eigenvalue weighted by molar-refractivity contribution is 5.81. The van der Waals surface area contributed by atoms with Gasteiger partial charge in [-0.3, -0.25) is 9.59 Å². The number of hydrogen-bond donors (Lipinski definition) is 3. The molecule has 4 atom stereocenters. The smallest absolute Gasteiger partial charge is 0.308 e. The van der Waals surface area contributed by atoms with Crippen LogP contribution in [0.2, 0.25) is 0 Å². The van der Waals surface area contributed by atoms with Gasteiger partial charge in [0.25, 0.3) is 0 Å². The van der Waals surface area contributed by atoms with E-state index in [-0.39, 0.29) is 23.9 Å². The van der Waals surface area contributed by atoms with Crippen LogP contribution >= 0.6 is 0 Å². The van der Waals surface area contributed by atoms with Gasteiger partial charge in [0.15, 0.2) is 0 Å². The first-order valence-corrected chi connectivity index (χ1v) is 6.91. The lowest BCUT2D eigenvalue weighted by molar-refractivity contribution is -0.144. The summed E-state index contributed by atoms with van der Waals surface area (Å²) < 4.78 is 5.31. The van der Waals surface area contributed by atoms with Crippen LogP contribution in [0.4, 0.5) is 0 Å². The van der Waals surface area contributed by atoms with E-state index in [2.05, 4.69) is 10.6 Å². The second kappa shape index (κ2) is 6.34. The van der Waals surface area contributed by atoms with Gasteiger partial charge in [-0.1, -0.05) is 12.8 Å². The summed E-state index contributed by atoms with van der Waals surface area (Å²) in [4.78, 5) is 23.4. The predicted molar refractivity (Wildman–Crippen MR) is 68.7 cm³/mol. The van der Waals surface area contributed by atoms with Gasteiger partial charge in [-0.05, 0) is 19.9 Å². The third-order valence-corrected chi connectivity index (χ3v) is 4.20. The number of hydrogen-bond acceptors (Lipinski definition) is 4. The zero-order valence-electron chi connectivity index (χ0n) is 11.2. The average molecular weight is 270 g/mol. The Balaban J connectivity index is 1.95. The lowest BCUT2D eigenvalue weighted by Crippen LogP contribution is -2.50. The topological polar surface area (TPSA) is 87.7 Å². The fourth-order valence-corrected chi connectivity index (χ4v) is 2.99. The zero-order chi connectivity index (χ0) is 13.8. The maximum absolute atomic E-state index is 12.2. The van der Waals surface area contributed by atoms with Gasteiger partial charge in [-0.15, -0.1) is 0 Å². The summed E-state index contributed by atoms with van der Waals surface area (Å²) in [5, 5.41) is 15.2. The van der Waals surface area contributed by atoms with E-state index in [1.807, 2.05) is 0 Å². The number of rotatable bonds is 4. The molecule has 0 bridgehead atoms. The number of likely N-dealkylation sites (N-methyl/N-ethyl adjacent to an activating group) is 1. The van der Waals surface area contributed by atoms with Gasteiger partial charge in [-0.2, -0.15) is 0 Å². The van der Waals surface area contributed by atoms with Gasteiger partial charge in [0.1, 0.15) is 0 Å². The molecule has 1 amide bonds. The standard InChI is InChI=1S/C13H22N2O4/c1-14-11-7-19-6-9(11)12(16)15-10-5-3-2-4-8(10)13(17)18/h8-11,14H,2-7H2,1H3,(H,15,16)(H,17,18). The van der Waals surface area contributed by atoms with Crippen LogP contribution in [-0.4, -0.2) is 49.3 Å². The van der Waals surface area contributed by atoms with Crippen LogP contribution in [0.15, 0.2) is 0 Å². The summed E-state index contributed by atoms with van der Waals surface area (Å²) in [7, 11) is 1.81. The number of nitrogens with one attached hydrogen (secondary N) is 2. The molecule has 0 aromatic rings. The lowest BCUT2D eigenvalue weighted by Gasteiger charge is -2.30. The first kappa shape index (κ1) is 14.3. The van der Waals surface area contributed by atoms with Gasteiger partial charge in [-0.25, -0.2) is 0 Å². The number of carbonyl (C=O) groups is 2. The second-order valence-electron chi connectivity index (χ2n) is 5.38. The highest BCUT2D eigenvalue weighted by Crippen LogP contribution is 2.25. The summed E-state index contributed by atoms with van der Waals surface area (Å²) in [6, 6.07) is -0.219. The van der Waals surface area contributed by atoms with E-state index in [1.165, 1.54) is 0 Å². The maximum atomic E-state index is 12.2. The summed E-state index contributed by atoms with van der Waals surface area (Å²) in [5.74, 6) is -1.57. The minimum atomic E-state index is -0.808. The Morgan fingerprint density at radius 1 is 1.11 bits per heavy atom. The molecule has 6 heteroatoms. The largest absolute Gasteiger partial charge is 0.481 e. The number of carboxylic acid groups (broad SMARTS) is 1. The normalized spacial score (nSPS) is 35.0. The van der Waals surface area contributed by atoms with E-state index in [0.717, 1.165) is 19.3 Å². The Bertz CT molecular complexity index is 348. The minimum Gasteiger partial charge on any atom is -0.481 e. The fraction of sp³-hybridized carbons (Fsp3) is 0.846. The van der Waals surface area contributed by atoms with Crippen molar-refractivity contribution in [2.24, 2.45) is 11.8 Å². The Kier molecular flexibility index (Phi) is 4.76. The third kappa shape index (κ3) is 3.25. The summed E-state index contributed by atoms with van der Waals surface area (Å²) in [6.07, 6.45) is 3.30. The fourth-order valence-electron chi connectivity index (χ4n) is 2.99. The van der Waals surface area contributed by atoms with Crippen molar-refractivity contribution in [3.63, 3.8) is 0 Å². The molecular formula is C13H22N2O4. The summed E-state index contributed by atoms with van der Waals surface area (Å²) in [6.45, 7) is 0.934. The Morgan fingerprint density at radius 2 is 1.84 bits per heavy atom. The highest BCUT2D eigenvalue weighted by Gasteiger charge is 2.37. The summed E-state index contributed by atoms with van der Waals surface area (Å²) in [5.41, 5.74) is 0. The molecule has 0 spiro atoms. The van der Waals surface area contributed by atoms with Gasteiger partial charge in [0.2, 0.25) is 5.91 Å². The number of amides is 1. The molecule has 108 valence electrons. The predicted octanol–water partition coefficient (Wildman–Crippen LogP) is -0.0196. The first-order chi connectivity index (χ1) is 9.13. The van der Waals surface area contributed by atoms with Crippen molar-refractivity contribution in [3.8, 4) is 0 Å². The summed E-state index contributed by atoms with van der Waals surface area (Å²) >= 11 is 0. The molecule has 6 nitrogen and oxygen atoms in total. The van der Waals surface area contributed by atoms with Gasteiger partial charge in [0.05, 0.1) is 25.0 Å². The highest BCUT2D eigenvalue weighted by atomic mass is 16.5. The molecule has 19 heavy (non-hydrogen) atoms. The van der Waals surface area contributed by atoms with E-state index in [9.17, 15) is 14.7 Å². The van der Waals surface area contributed by atoms with E-state index in [4.69, 9.17) is 4.74 Å². The molecule has 2 rings (SSSR count). The molecule has 0 aromatic carbocycles. The van der Waals surface area contributed by atoms with Crippen molar-refractivity contribution in [2.75, 3.05) is 20.3 Å². The van der Waals surface area contributed by atoms with Crippen molar-refractivity contribution < 1.29 is 19.4 Å². The molecule has 4 unspecified atom stereocenters. The van der Waals surface area contributed by atoms with E-state index in [0.29, 0.717) is 19.6 Å². The Labute approximate surface area is 112 Å². The van der Waals surface area contributed by atoms with Gasteiger partial charge >= 0.3 is 5.97 Å². The number of ether oxygens (including phenoxy) is 1. The molecule has 0 radical (unpaired) electrons. The molecule has 0 aromatic heterocycles. The molecule has 2 aliphatic rings. The molecule has 3 N–H and O–H groups in total. The maximum Gasteiger partial charge on any atom is 0.308 e. The van der Waals surface area contributed by atoms with Crippen LogP contribution in [0.5, 0.6) is 0 Å². The van der Waals surface area contributed by atoms with Crippen molar-refractivity contribution >= 4 is 11.9 Å². The molecule has 1 saturated heterocycles. The molecule has 2 fully saturated rings. The van der Waals surface area contributed by atoms with Crippen molar-refractivity contribution in [2.45, 2.75) is 37.8 Å². The Morgan fingerprint density at radius 3 is 2.53 bits per heavy atom. The average Bonchev–Trinajstić information content (AvgIpc) is 2.87. The SMILES string of the molecule is CNC1COCC1C(=O)NC1CCCCC1C(=O)O. The third-order valence-electron chi connectivity index (χ3n) is 4.20. The van der Waals surface area contributed by atoms with Crippen LogP contribution in [0.1, 0.15) is 25.7 Å². The molecular weight excluding hydrogens is 248 g/mol. The zero-order valence-corrected chi connectivity index (χ0v) is 11.2. The van der Waals surface area contributed by atoms with Crippen LogP contribution in [0.25, 0.3) is 0 Å². The number of carboxylic acids is 1. The van der Waals surface area contributed by atoms with Gasteiger partial charge in [0, 0.05) is 12.1 Å². The van der Waals surface area contributed by atoms with Crippen LogP contribution < -0.4 is 10.6 Å². The van der Waals surface area contributed by atoms with E-state index >= 15 is 0 Å². The second-order valence-corrected chi connectivity index (χ2v) is 5.38. The molecule has 1 saturated carbocycles. The quantitative estimate of drug-likeness (QED) is 0.668. The molecule has 1 aliphatic carbocycles. The van der Waals surface area contributed by atoms with Crippen LogP contribution in [-0.2, 0) is 14.3 Å². The monoisotopic (exact) mass is 270 g/mol. The molecule has 1 aliphatic heterocycles.